The van der Waals surface area contributed by atoms with Crippen molar-refractivity contribution in [2.24, 2.45) is 5.73 Å². The second-order valence-electron chi connectivity index (χ2n) is 11.7. The molecule has 12 nitrogen and oxygen atoms in total. The van der Waals surface area contributed by atoms with Gasteiger partial charge < -0.3 is 24.8 Å². The van der Waals surface area contributed by atoms with Gasteiger partial charge in [-0.3, -0.25) is 29.8 Å². The predicted octanol–water partition coefficient (Wildman–Crippen LogP) is 2.29. The highest BCUT2D eigenvalue weighted by atomic mass is 16.6. The number of benzene rings is 1. The van der Waals surface area contributed by atoms with Gasteiger partial charge in [0.05, 0.1) is 0 Å². The maximum absolute atomic E-state index is 13.1. The summed E-state index contributed by atoms with van der Waals surface area (Å²) in [5.74, 6) is -2.07. The van der Waals surface area contributed by atoms with Crippen molar-refractivity contribution in [2.45, 2.75) is 90.7 Å². The molecule has 3 heterocycles. The largest absolute Gasteiger partial charge is 0.460 e. The molecule has 1 aromatic rings. The van der Waals surface area contributed by atoms with Crippen LogP contribution in [0.15, 0.2) is 24.3 Å². The van der Waals surface area contributed by atoms with Gasteiger partial charge in [-0.15, -0.1) is 0 Å². The van der Waals surface area contributed by atoms with Crippen molar-refractivity contribution in [3.8, 4) is 0 Å². The van der Waals surface area contributed by atoms with E-state index in [1.54, 1.807) is 41.5 Å². The Kier molecular flexibility index (Phi) is 10.8. The molecule has 0 aliphatic carbocycles. The monoisotopic (exact) mass is 562 g/mol. The number of piperazine rings is 1. The molecule has 3 aliphatic rings. The average Bonchev–Trinajstić information content (AvgIpc) is 2.79. The summed E-state index contributed by atoms with van der Waals surface area (Å²) in [6.07, 6.45) is -0.339. The SMILES string of the molecule is CC(=O)C1(C(N)CCC(=O)OC(C)(C)C)NCCN(CC(=O)OC(C)(C)C)C1=O.O=C1Nc2ccc(cc2)CO1. The first-order valence-electron chi connectivity index (χ1n) is 13.2. The van der Waals surface area contributed by atoms with Gasteiger partial charge in [-0.25, -0.2) is 4.79 Å². The maximum Gasteiger partial charge on any atom is 0.411 e. The number of hydrogen-bond acceptors (Lipinski definition) is 10. The molecule has 4 rings (SSSR count). The van der Waals surface area contributed by atoms with Gasteiger partial charge >= 0.3 is 18.0 Å². The number of carbonyl (C=O) groups is 5. The zero-order chi connectivity index (χ0) is 30.3. The van der Waals surface area contributed by atoms with E-state index in [4.69, 9.17) is 19.9 Å². The smallest absolute Gasteiger partial charge is 0.411 e. The van der Waals surface area contributed by atoms with Crippen LogP contribution in [0.5, 0.6) is 0 Å². The van der Waals surface area contributed by atoms with Crippen molar-refractivity contribution in [2.75, 3.05) is 25.0 Å². The van der Waals surface area contributed by atoms with Crippen molar-refractivity contribution < 1.29 is 38.2 Å². The number of fused-ring (bicyclic) bond motifs is 5. The molecular weight excluding hydrogens is 520 g/mol. The van der Waals surface area contributed by atoms with Crippen molar-refractivity contribution in [3.63, 3.8) is 0 Å². The van der Waals surface area contributed by atoms with E-state index in [-0.39, 0.29) is 38.6 Å². The molecule has 0 spiro atoms. The minimum Gasteiger partial charge on any atom is -0.460 e. The number of anilines is 1. The zero-order valence-corrected chi connectivity index (χ0v) is 24.4. The van der Waals surface area contributed by atoms with E-state index < -0.39 is 46.4 Å². The molecular formula is C28H42N4O8. The van der Waals surface area contributed by atoms with E-state index in [0.717, 1.165) is 11.3 Å². The second-order valence-corrected chi connectivity index (χ2v) is 11.7. The van der Waals surface area contributed by atoms with E-state index >= 15 is 0 Å². The summed E-state index contributed by atoms with van der Waals surface area (Å²) in [6, 6.07) is 6.61. The molecule has 3 aliphatic heterocycles. The van der Waals surface area contributed by atoms with E-state index in [0.29, 0.717) is 6.61 Å². The van der Waals surface area contributed by atoms with Crippen LogP contribution in [0.3, 0.4) is 0 Å². The van der Waals surface area contributed by atoms with Crippen molar-refractivity contribution >= 4 is 35.4 Å². The molecule has 2 atom stereocenters. The number of ether oxygens (including phenoxy) is 3. The first-order valence-corrected chi connectivity index (χ1v) is 13.2. The molecule has 0 saturated carbocycles. The van der Waals surface area contributed by atoms with Crippen molar-refractivity contribution in [1.82, 2.24) is 10.2 Å². The third kappa shape index (κ3) is 9.60. The van der Waals surface area contributed by atoms with Crippen LogP contribution in [0.2, 0.25) is 0 Å². The van der Waals surface area contributed by atoms with Gasteiger partial charge in [0.1, 0.15) is 24.4 Å². The molecule has 0 aromatic heterocycles. The predicted molar refractivity (Wildman–Crippen MR) is 147 cm³/mol. The molecule has 1 aromatic carbocycles. The number of nitrogens with zero attached hydrogens (tertiary/aromatic N) is 1. The molecule has 2 amide bonds. The van der Waals surface area contributed by atoms with Crippen LogP contribution in [0.25, 0.3) is 0 Å². The summed E-state index contributed by atoms with van der Waals surface area (Å²) in [5.41, 5.74) is 5.01. The van der Waals surface area contributed by atoms with Crippen LogP contribution in [-0.4, -0.2) is 77.0 Å². The average molecular weight is 563 g/mol. The Morgan fingerprint density at radius 2 is 1.60 bits per heavy atom. The number of hydrogen-bond donors (Lipinski definition) is 3. The van der Waals surface area contributed by atoms with Crippen molar-refractivity contribution in [3.05, 3.63) is 29.8 Å². The number of ketones is 1. The first kappa shape index (κ1) is 32.7. The highest BCUT2D eigenvalue weighted by Gasteiger charge is 2.52. The molecule has 2 unspecified atom stereocenters. The fourth-order valence-corrected chi connectivity index (χ4v) is 4.19. The number of esters is 2. The fourth-order valence-electron chi connectivity index (χ4n) is 4.19. The highest BCUT2D eigenvalue weighted by Crippen LogP contribution is 2.23. The van der Waals surface area contributed by atoms with Gasteiger partial charge in [0.15, 0.2) is 11.3 Å². The number of rotatable bonds is 7. The minimum atomic E-state index is -1.69. The summed E-state index contributed by atoms with van der Waals surface area (Å²) in [6.45, 7) is 12.3. The Hall–Kier alpha value is -3.51. The lowest BCUT2D eigenvalue weighted by atomic mass is 9.81. The lowest BCUT2D eigenvalue weighted by Crippen LogP contribution is -2.75. The summed E-state index contributed by atoms with van der Waals surface area (Å²) in [5, 5.41) is 5.51. The zero-order valence-electron chi connectivity index (χ0n) is 24.4. The molecule has 2 bridgehead atoms. The number of amides is 2. The molecule has 1 fully saturated rings. The van der Waals surface area contributed by atoms with Crippen LogP contribution in [-0.2, 0) is 40.0 Å². The lowest BCUT2D eigenvalue weighted by Gasteiger charge is -2.44. The Labute approximate surface area is 235 Å². The second kappa shape index (κ2) is 13.2. The summed E-state index contributed by atoms with van der Waals surface area (Å²) < 4.78 is 15.3. The van der Waals surface area contributed by atoms with E-state index in [9.17, 15) is 24.0 Å². The molecule has 1 saturated heterocycles. The van der Waals surface area contributed by atoms with Gasteiger partial charge in [0.2, 0.25) is 0 Å². The quantitative estimate of drug-likeness (QED) is 0.255. The number of nitrogens with one attached hydrogen (secondary N) is 2. The van der Waals surface area contributed by atoms with Gasteiger partial charge in [-0.05, 0) is 72.6 Å². The Bertz CT molecular complexity index is 1090. The van der Waals surface area contributed by atoms with E-state index in [1.165, 1.54) is 11.8 Å². The Morgan fingerprint density at radius 3 is 2.15 bits per heavy atom. The normalized spacial score (nSPS) is 19.6. The summed E-state index contributed by atoms with van der Waals surface area (Å²) in [7, 11) is 0. The Balaban J connectivity index is 0.000000417. The van der Waals surface area contributed by atoms with Crippen LogP contribution in [0, 0.1) is 0 Å². The Morgan fingerprint density at radius 1 is 1.02 bits per heavy atom. The van der Waals surface area contributed by atoms with Gasteiger partial charge in [-0.1, -0.05) is 12.1 Å². The van der Waals surface area contributed by atoms with Gasteiger partial charge in [0.25, 0.3) is 5.91 Å². The van der Waals surface area contributed by atoms with E-state index in [2.05, 4.69) is 10.6 Å². The fraction of sp³-hybridized carbons (Fsp3) is 0.607. The van der Waals surface area contributed by atoms with Crippen LogP contribution in [0.4, 0.5) is 10.5 Å². The van der Waals surface area contributed by atoms with Crippen LogP contribution < -0.4 is 16.4 Å². The maximum atomic E-state index is 13.1. The number of Topliss-reactive ketones (excluding diaryl/α,β-unsaturated/α-hetero) is 1. The standard InChI is InChI=1S/C20H35N3O6.C8H7NO2/c1-13(24)20(14(21)8-9-15(25)28-18(2,3)4)17(27)23(11-10-22-20)12-16(26)29-19(5,6)7;10-8-9-7-3-1-6(2-4-7)5-11-8/h14,22H,8-12,21H2,1-7H3;1-4H,5H2,(H,9,10). The summed E-state index contributed by atoms with van der Waals surface area (Å²) in [4.78, 5) is 61.9. The van der Waals surface area contributed by atoms with Crippen LogP contribution in [0.1, 0.15) is 66.9 Å². The first-order chi connectivity index (χ1) is 18.4. The molecule has 0 radical (unpaired) electrons. The minimum absolute atomic E-state index is 0.0332. The lowest BCUT2D eigenvalue weighted by molar-refractivity contribution is -0.163. The third-order valence-corrected chi connectivity index (χ3v) is 5.91. The van der Waals surface area contributed by atoms with Crippen molar-refractivity contribution in [1.29, 1.82) is 0 Å². The molecule has 40 heavy (non-hydrogen) atoms. The third-order valence-electron chi connectivity index (χ3n) is 5.91. The molecule has 4 N–H and O–H groups in total. The van der Waals surface area contributed by atoms with Gasteiger partial charge in [-0.2, -0.15) is 0 Å². The summed E-state index contributed by atoms with van der Waals surface area (Å²) >= 11 is 0. The molecule has 222 valence electrons. The number of carbonyl (C=O) groups excluding carboxylic acids is 5. The van der Waals surface area contributed by atoms with Crippen LogP contribution >= 0.6 is 0 Å². The number of nitrogens with two attached hydrogens (primary N) is 1. The topological polar surface area (TPSA) is 166 Å². The van der Waals surface area contributed by atoms with Gasteiger partial charge in [0, 0.05) is 31.2 Å². The highest BCUT2D eigenvalue weighted by molar-refractivity contribution is 6.11. The molecule has 12 heteroatoms. The van der Waals surface area contributed by atoms with E-state index in [1.807, 2.05) is 24.3 Å².